The number of aryl methyl sites for hydroxylation is 1. The van der Waals surface area contributed by atoms with Crippen LogP contribution in [0.4, 0.5) is 8.78 Å². The summed E-state index contributed by atoms with van der Waals surface area (Å²) >= 11 is 3.04. The molecule has 0 amide bonds. The number of aromatic nitrogens is 2. The van der Waals surface area contributed by atoms with Crippen LogP contribution in [0.2, 0.25) is 0 Å². The second-order valence-electron chi connectivity index (χ2n) is 10.8. The molecule has 2 saturated carbocycles. The van der Waals surface area contributed by atoms with Crippen LogP contribution in [0, 0.1) is 24.2 Å². The van der Waals surface area contributed by atoms with E-state index in [1.165, 1.54) is 48.3 Å². The highest BCUT2D eigenvalue weighted by molar-refractivity contribution is 7.13. The molecule has 1 aliphatic heterocycles. The predicted molar refractivity (Wildman–Crippen MR) is 130 cm³/mol. The quantitative estimate of drug-likeness (QED) is 0.411. The van der Waals surface area contributed by atoms with E-state index in [4.69, 9.17) is 4.74 Å². The molecular formula is C25H33F2N3O2S2. The maximum Gasteiger partial charge on any atom is 0.278 e. The minimum absolute atomic E-state index is 0.364. The van der Waals surface area contributed by atoms with Gasteiger partial charge in [-0.05, 0) is 69.2 Å². The maximum absolute atomic E-state index is 13.0. The van der Waals surface area contributed by atoms with Crippen molar-refractivity contribution >= 4 is 28.5 Å². The van der Waals surface area contributed by atoms with Gasteiger partial charge in [0.25, 0.3) is 11.1 Å². The van der Waals surface area contributed by atoms with Gasteiger partial charge in [0.05, 0.1) is 10.7 Å². The van der Waals surface area contributed by atoms with E-state index >= 15 is 0 Å². The molecule has 2 fully saturated rings. The van der Waals surface area contributed by atoms with E-state index in [1.807, 2.05) is 13.1 Å². The van der Waals surface area contributed by atoms with Crippen LogP contribution >= 0.6 is 22.7 Å². The van der Waals surface area contributed by atoms with Crippen molar-refractivity contribution in [3.8, 4) is 5.19 Å². The van der Waals surface area contributed by atoms with Gasteiger partial charge in [-0.15, -0.1) is 11.3 Å². The first kappa shape index (κ1) is 24.3. The fourth-order valence-electron chi connectivity index (χ4n) is 6.12. The first-order valence-corrected chi connectivity index (χ1v) is 13.9. The van der Waals surface area contributed by atoms with Gasteiger partial charge in [0, 0.05) is 48.8 Å². The molecule has 2 aromatic heterocycles. The molecule has 3 heterocycles. The van der Waals surface area contributed by atoms with Crippen molar-refractivity contribution in [2.24, 2.45) is 17.3 Å². The molecule has 0 saturated heterocycles. The first-order valence-electron chi connectivity index (χ1n) is 12.3. The van der Waals surface area contributed by atoms with Gasteiger partial charge < -0.3 is 4.74 Å². The highest BCUT2D eigenvalue weighted by atomic mass is 32.1. The van der Waals surface area contributed by atoms with Crippen molar-refractivity contribution in [3.05, 3.63) is 26.7 Å². The zero-order chi connectivity index (χ0) is 23.9. The van der Waals surface area contributed by atoms with E-state index in [0.29, 0.717) is 28.7 Å². The Hall–Kier alpha value is -1.45. The van der Waals surface area contributed by atoms with Crippen molar-refractivity contribution in [1.82, 2.24) is 14.9 Å². The number of halogens is 2. The number of carbonyl (C=O) groups is 1. The summed E-state index contributed by atoms with van der Waals surface area (Å²) in [5.41, 5.74) is 1.52. The number of ether oxygens (including phenoxy) is 1. The number of hydrogen-bond acceptors (Lipinski definition) is 7. The molecule has 0 N–H and O–H groups in total. The van der Waals surface area contributed by atoms with Crippen LogP contribution in [-0.2, 0) is 24.2 Å². The van der Waals surface area contributed by atoms with Crippen LogP contribution in [-0.4, -0.2) is 46.3 Å². The van der Waals surface area contributed by atoms with E-state index < -0.39 is 12.5 Å². The minimum Gasteiger partial charge on any atom is -0.464 e. The third kappa shape index (κ3) is 5.85. The Morgan fingerprint density at radius 3 is 2.74 bits per heavy atom. The first-order chi connectivity index (χ1) is 16.1. The second kappa shape index (κ2) is 9.54. The lowest BCUT2D eigenvalue weighted by Gasteiger charge is -2.58. The predicted octanol–water partition coefficient (Wildman–Crippen LogP) is 5.70. The monoisotopic (exact) mass is 509 g/mol. The van der Waals surface area contributed by atoms with E-state index in [1.54, 1.807) is 11.3 Å². The van der Waals surface area contributed by atoms with E-state index in [0.717, 1.165) is 60.9 Å². The van der Waals surface area contributed by atoms with Crippen LogP contribution in [0.3, 0.4) is 0 Å². The van der Waals surface area contributed by atoms with Crippen molar-refractivity contribution in [3.63, 3.8) is 0 Å². The van der Waals surface area contributed by atoms with E-state index in [9.17, 15) is 13.6 Å². The average molecular weight is 510 g/mol. The van der Waals surface area contributed by atoms with E-state index in [-0.39, 0.29) is 0 Å². The number of ketones is 1. The summed E-state index contributed by atoms with van der Waals surface area (Å²) in [4.78, 5) is 25.8. The summed E-state index contributed by atoms with van der Waals surface area (Å²) < 4.78 is 31.3. The normalized spacial score (nSPS) is 26.7. The Bertz CT molecular complexity index is 1020. The van der Waals surface area contributed by atoms with Gasteiger partial charge in [-0.1, -0.05) is 11.3 Å². The molecule has 0 radical (unpaired) electrons. The molecule has 2 aromatic rings. The Kier molecular flexibility index (Phi) is 6.81. The topological polar surface area (TPSA) is 55.3 Å². The van der Waals surface area contributed by atoms with Gasteiger partial charge >= 0.3 is 0 Å². The minimum atomic E-state index is -2.84. The summed E-state index contributed by atoms with van der Waals surface area (Å²) in [6.45, 7) is 5.08. The lowest BCUT2D eigenvalue weighted by molar-refractivity contribution is -0.124. The molecule has 1 spiro atoms. The molecule has 186 valence electrons. The molecule has 34 heavy (non-hydrogen) atoms. The van der Waals surface area contributed by atoms with Crippen LogP contribution in [0.25, 0.3) is 0 Å². The number of rotatable bonds is 10. The van der Waals surface area contributed by atoms with Gasteiger partial charge in [0.2, 0.25) is 0 Å². The molecule has 5 rings (SSSR count). The molecule has 0 atom stereocenters. The Balaban J connectivity index is 0.986. The standard InChI is InChI=1S/C25H33F2N3O2S2/c1-16-28-13-20(33-16)8-19(31)7-18-11-25(12-18)9-17(10-25)3-5-30-6-4-22-21(14-30)29-23(34-22)32-15-24(2,26)27/h13,17-18H,3-12,14-15H2,1-2H3. The molecular weight excluding hydrogens is 476 g/mol. The Morgan fingerprint density at radius 2 is 2.03 bits per heavy atom. The summed E-state index contributed by atoms with van der Waals surface area (Å²) in [6, 6.07) is 0. The number of carbonyl (C=O) groups excluding carboxylic acids is 1. The smallest absolute Gasteiger partial charge is 0.278 e. The van der Waals surface area contributed by atoms with E-state index in [2.05, 4.69) is 14.9 Å². The molecule has 3 aliphatic rings. The van der Waals surface area contributed by atoms with Gasteiger partial charge in [0.1, 0.15) is 5.78 Å². The molecule has 0 bridgehead atoms. The van der Waals surface area contributed by atoms with Crippen molar-refractivity contribution in [2.75, 3.05) is 19.7 Å². The summed E-state index contributed by atoms with van der Waals surface area (Å²) in [7, 11) is 0. The van der Waals surface area contributed by atoms with Crippen LogP contribution in [0.5, 0.6) is 5.19 Å². The van der Waals surface area contributed by atoms with Gasteiger partial charge in [0.15, 0.2) is 6.61 Å². The average Bonchev–Trinajstić information content (AvgIpc) is 3.30. The zero-order valence-electron chi connectivity index (χ0n) is 19.9. The molecule has 9 heteroatoms. The summed E-state index contributed by atoms with van der Waals surface area (Å²) in [5, 5.41) is 1.40. The highest BCUT2D eigenvalue weighted by Gasteiger charge is 2.52. The Labute approximate surface area is 207 Å². The highest BCUT2D eigenvalue weighted by Crippen LogP contribution is 2.62. The second-order valence-corrected chi connectivity index (χ2v) is 13.2. The SMILES string of the molecule is Cc1ncc(CC(=O)CC2CC3(CC(CCN4CCc5sc(OCC(C)(F)F)nc5C4)C3)C2)s1. The van der Waals surface area contributed by atoms with Crippen molar-refractivity contribution < 1.29 is 18.3 Å². The van der Waals surface area contributed by atoms with Gasteiger partial charge in [-0.2, -0.15) is 0 Å². The fraction of sp³-hybridized carbons (Fsp3) is 0.720. The molecule has 5 nitrogen and oxygen atoms in total. The lowest BCUT2D eigenvalue weighted by atomic mass is 9.47. The molecule has 2 aliphatic carbocycles. The Morgan fingerprint density at radius 1 is 1.26 bits per heavy atom. The molecule has 0 aromatic carbocycles. The number of fused-ring (bicyclic) bond motifs is 1. The molecule has 0 unspecified atom stereocenters. The summed E-state index contributed by atoms with van der Waals surface area (Å²) in [5.74, 6) is -1.10. The third-order valence-corrected chi connectivity index (χ3v) is 9.52. The van der Waals surface area contributed by atoms with Crippen LogP contribution in [0.15, 0.2) is 6.20 Å². The fourth-order valence-corrected chi connectivity index (χ4v) is 7.85. The van der Waals surface area contributed by atoms with Crippen molar-refractivity contribution in [2.45, 2.75) is 77.7 Å². The number of hydrogen-bond donors (Lipinski definition) is 0. The summed E-state index contributed by atoms with van der Waals surface area (Å²) in [6.07, 6.45) is 10.3. The lowest BCUT2D eigenvalue weighted by Crippen LogP contribution is -2.48. The van der Waals surface area contributed by atoms with Crippen LogP contribution < -0.4 is 4.74 Å². The maximum atomic E-state index is 13.0. The van der Waals surface area contributed by atoms with Gasteiger partial charge in [-0.25, -0.2) is 18.7 Å². The third-order valence-electron chi connectivity index (χ3n) is 7.53. The van der Waals surface area contributed by atoms with Gasteiger partial charge in [-0.3, -0.25) is 9.69 Å². The van der Waals surface area contributed by atoms with Crippen molar-refractivity contribution in [1.29, 1.82) is 0 Å². The number of Topliss-reactive ketones (excluding diaryl/α,β-unsaturated/α-hetero) is 1. The number of alkyl halides is 2. The van der Waals surface area contributed by atoms with Crippen LogP contribution in [0.1, 0.15) is 65.9 Å². The largest absolute Gasteiger partial charge is 0.464 e. The number of nitrogens with zero attached hydrogens (tertiary/aromatic N) is 3. The number of thiazole rings is 2. The zero-order valence-corrected chi connectivity index (χ0v) is 21.6.